The SMILES string of the molecule is CCC(=O)c1c(Br)cccc1CCl. The van der Waals surface area contributed by atoms with Gasteiger partial charge in [0.2, 0.25) is 0 Å². The zero-order valence-corrected chi connectivity index (χ0v) is 9.65. The van der Waals surface area contributed by atoms with Crippen LogP contribution in [-0.4, -0.2) is 5.78 Å². The number of ketones is 1. The van der Waals surface area contributed by atoms with Gasteiger partial charge in [0.1, 0.15) is 0 Å². The number of hydrogen-bond acceptors (Lipinski definition) is 1. The van der Waals surface area contributed by atoms with Crippen molar-refractivity contribution in [2.75, 3.05) is 0 Å². The molecule has 1 nitrogen and oxygen atoms in total. The number of carbonyl (C=O) groups excluding carboxylic acids is 1. The second-order valence-corrected chi connectivity index (χ2v) is 3.81. The van der Waals surface area contributed by atoms with Crippen LogP contribution < -0.4 is 0 Å². The fourth-order valence-corrected chi connectivity index (χ4v) is 2.02. The van der Waals surface area contributed by atoms with Crippen molar-refractivity contribution in [2.45, 2.75) is 19.2 Å². The van der Waals surface area contributed by atoms with Crippen LogP contribution in [-0.2, 0) is 5.88 Å². The first kappa shape index (κ1) is 10.7. The lowest BCUT2D eigenvalue weighted by Crippen LogP contribution is -2.02. The molecule has 70 valence electrons. The molecule has 0 aliphatic rings. The molecule has 0 aromatic heterocycles. The topological polar surface area (TPSA) is 17.1 Å². The second kappa shape index (κ2) is 4.77. The van der Waals surface area contributed by atoms with E-state index in [1.54, 1.807) is 0 Å². The monoisotopic (exact) mass is 260 g/mol. The van der Waals surface area contributed by atoms with Gasteiger partial charge in [-0.05, 0) is 11.6 Å². The predicted octanol–water partition coefficient (Wildman–Crippen LogP) is 3.78. The zero-order chi connectivity index (χ0) is 9.84. The molecule has 0 spiro atoms. The zero-order valence-electron chi connectivity index (χ0n) is 7.31. The van der Waals surface area contributed by atoms with Gasteiger partial charge in [-0.15, -0.1) is 11.6 Å². The van der Waals surface area contributed by atoms with E-state index in [-0.39, 0.29) is 5.78 Å². The molecule has 1 aromatic rings. The van der Waals surface area contributed by atoms with Gasteiger partial charge in [-0.25, -0.2) is 0 Å². The molecule has 0 heterocycles. The maximum absolute atomic E-state index is 11.5. The van der Waals surface area contributed by atoms with Gasteiger partial charge in [0, 0.05) is 22.3 Å². The highest BCUT2D eigenvalue weighted by molar-refractivity contribution is 9.10. The minimum atomic E-state index is 0.128. The second-order valence-electron chi connectivity index (χ2n) is 2.68. The Balaban J connectivity index is 3.22. The predicted molar refractivity (Wildman–Crippen MR) is 58.3 cm³/mol. The average molecular weight is 262 g/mol. The molecule has 0 aliphatic carbocycles. The number of alkyl halides is 1. The Morgan fingerprint density at radius 3 is 2.77 bits per heavy atom. The van der Waals surface area contributed by atoms with Crippen LogP contribution in [0.2, 0.25) is 0 Å². The third-order valence-electron chi connectivity index (χ3n) is 1.84. The highest BCUT2D eigenvalue weighted by Gasteiger charge is 2.11. The average Bonchev–Trinajstić information content (AvgIpc) is 2.16. The third kappa shape index (κ3) is 2.32. The molecule has 13 heavy (non-hydrogen) atoms. The molecule has 1 aromatic carbocycles. The summed E-state index contributed by atoms with van der Waals surface area (Å²) in [5, 5.41) is 0. The van der Waals surface area contributed by atoms with E-state index in [2.05, 4.69) is 15.9 Å². The van der Waals surface area contributed by atoms with Gasteiger partial charge in [-0.3, -0.25) is 4.79 Å². The Labute approximate surface area is 91.2 Å². The lowest BCUT2D eigenvalue weighted by atomic mass is 10.0. The van der Waals surface area contributed by atoms with E-state index in [0.29, 0.717) is 12.3 Å². The van der Waals surface area contributed by atoms with Crippen molar-refractivity contribution < 1.29 is 4.79 Å². The molecule has 0 atom stereocenters. The van der Waals surface area contributed by atoms with E-state index in [9.17, 15) is 4.79 Å². The minimum Gasteiger partial charge on any atom is -0.294 e. The first-order valence-electron chi connectivity index (χ1n) is 4.07. The van der Waals surface area contributed by atoms with Crippen molar-refractivity contribution in [1.82, 2.24) is 0 Å². The summed E-state index contributed by atoms with van der Waals surface area (Å²) in [6.45, 7) is 1.85. The number of halogens is 2. The fraction of sp³-hybridized carbons (Fsp3) is 0.300. The largest absolute Gasteiger partial charge is 0.294 e. The Bertz CT molecular complexity index is 323. The van der Waals surface area contributed by atoms with E-state index in [4.69, 9.17) is 11.6 Å². The van der Waals surface area contributed by atoms with E-state index in [1.165, 1.54) is 0 Å². The fourth-order valence-electron chi connectivity index (χ4n) is 1.17. The summed E-state index contributed by atoms with van der Waals surface area (Å²) >= 11 is 9.08. The number of carbonyl (C=O) groups is 1. The van der Waals surface area contributed by atoms with Gasteiger partial charge >= 0.3 is 0 Å². The van der Waals surface area contributed by atoms with E-state index in [1.807, 2.05) is 25.1 Å². The molecule has 0 bridgehead atoms. The van der Waals surface area contributed by atoms with Gasteiger partial charge in [0.05, 0.1) is 0 Å². The van der Waals surface area contributed by atoms with Crippen LogP contribution in [0.4, 0.5) is 0 Å². The van der Waals surface area contributed by atoms with Crippen LogP contribution in [0.3, 0.4) is 0 Å². The standard InChI is InChI=1S/C10H10BrClO/c1-2-9(13)10-7(6-12)4-3-5-8(10)11/h3-5H,2,6H2,1H3. The smallest absolute Gasteiger partial charge is 0.164 e. The number of Topliss-reactive ketones (excluding diaryl/α,β-unsaturated/α-hetero) is 1. The van der Waals surface area contributed by atoms with E-state index in [0.717, 1.165) is 15.6 Å². The molecule has 0 N–H and O–H groups in total. The third-order valence-corrected chi connectivity index (χ3v) is 2.79. The Morgan fingerprint density at radius 1 is 1.54 bits per heavy atom. The molecule has 1 rings (SSSR count). The van der Waals surface area contributed by atoms with Crippen LogP contribution >= 0.6 is 27.5 Å². The van der Waals surface area contributed by atoms with Crippen molar-refractivity contribution in [1.29, 1.82) is 0 Å². The van der Waals surface area contributed by atoms with Gasteiger partial charge in [-0.2, -0.15) is 0 Å². The summed E-state index contributed by atoms with van der Waals surface area (Å²) in [5.74, 6) is 0.503. The quantitative estimate of drug-likeness (QED) is 0.598. The number of rotatable bonds is 3. The lowest BCUT2D eigenvalue weighted by molar-refractivity contribution is 0.0987. The van der Waals surface area contributed by atoms with Crippen LogP contribution in [0.1, 0.15) is 29.3 Å². The van der Waals surface area contributed by atoms with Gasteiger partial charge in [0.25, 0.3) is 0 Å². The molecule has 0 aliphatic heterocycles. The summed E-state index contributed by atoms with van der Waals surface area (Å²) in [6.07, 6.45) is 0.506. The molecule has 0 unspecified atom stereocenters. The highest BCUT2D eigenvalue weighted by Crippen LogP contribution is 2.23. The normalized spacial score (nSPS) is 10.1. The molecule has 3 heteroatoms. The first-order valence-corrected chi connectivity index (χ1v) is 5.40. The van der Waals surface area contributed by atoms with E-state index >= 15 is 0 Å². The molecular formula is C10H10BrClO. The molecule has 0 saturated carbocycles. The minimum absolute atomic E-state index is 0.128. The summed E-state index contributed by atoms with van der Waals surface area (Å²) in [7, 11) is 0. The Kier molecular flexibility index (Phi) is 3.94. The van der Waals surface area contributed by atoms with Crippen molar-refractivity contribution in [3.63, 3.8) is 0 Å². The summed E-state index contributed by atoms with van der Waals surface area (Å²) < 4.78 is 0.831. The Hall–Kier alpha value is -0.340. The Morgan fingerprint density at radius 2 is 2.23 bits per heavy atom. The lowest BCUT2D eigenvalue weighted by Gasteiger charge is -2.06. The van der Waals surface area contributed by atoms with Crippen molar-refractivity contribution in [2.24, 2.45) is 0 Å². The van der Waals surface area contributed by atoms with Crippen molar-refractivity contribution >= 4 is 33.3 Å². The van der Waals surface area contributed by atoms with Crippen LogP contribution in [0.5, 0.6) is 0 Å². The highest BCUT2D eigenvalue weighted by atomic mass is 79.9. The first-order chi connectivity index (χ1) is 6.20. The van der Waals surface area contributed by atoms with Crippen LogP contribution in [0.15, 0.2) is 22.7 Å². The molecule has 0 radical (unpaired) electrons. The summed E-state index contributed by atoms with van der Waals surface area (Å²) in [5.41, 5.74) is 1.61. The van der Waals surface area contributed by atoms with Gasteiger partial charge < -0.3 is 0 Å². The molecule has 0 amide bonds. The van der Waals surface area contributed by atoms with Gasteiger partial charge in [0.15, 0.2) is 5.78 Å². The van der Waals surface area contributed by atoms with Crippen molar-refractivity contribution in [3.05, 3.63) is 33.8 Å². The van der Waals surface area contributed by atoms with Crippen LogP contribution in [0, 0.1) is 0 Å². The maximum Gasteiger partial charge on any atom is 0.164 e. The summed E-state index contributed by atoms with van der Waals surface area (Å²) in [6, 6.07) is 5.62. The maximum atomic E-state index is 11.5. The molecule has 0 fully saturated rings. The van der Waals surface area contributed by atoms with Crippen LogP contribution in [0.25, 0.3) is 0 Å². The number of benzene rings is 1. The molecular weight excluding hydrogens is 251 g/mol. The summed E-state index contributed by atoms with van der Waals surface area (Å²) in [4.78, 5) is 11.5. The number of hydrogen-bond donors (Lipinski definition) is 0. The van der Waals surface area contributed by atoms with Crippen molar-refractivity contribution in [3.8, 4) is 0 Å². The molecule has 0 saturated heterocycles. The van der Waals surface area contributed by atoms with E-state index < -0.39 is 0 Å². The van der Waals surface area contributed by atoms with Gasteiger partial charge in [-0.1, -0.05) is 35.0 Å².